The Kier molecular flexibility index (Phi) is 6.26. The normalized spacial score (nSPS) is 10.9. The van der Waals surface area contributed by atoms with Crippen LogP contribution in [0, 0.1) is 0 Å². The van der Waals surface area contributed by atoms with Gasteiger partial charge in [-0.2, -0.15) is 0 Å². The number of alkyl carbamates (subject to hydrolysis) is 1. The van der Waals surface area contributed by atoms with E-state index in [4.69, 9.17) is 0 Å². The highest BCUT2D eigenvalue weighted by atomic mass is 16.5. The number of nitrogens with one attached hydrogen (secondary N) is 1. The van der Waals surface area contributed by atoms with Crippen molar-refractivity contribution in [1.82, 2.24) is 5.32 Å². The summed E-state index contributed by atoms with van der Waals surface area (Å²) in [5, 5.41) is 2.56. The summed E-state index contributed by atoms with van der Waals surface area (Å²) in [7, 11) is 1.35. The highest BCUT2D eigenvalue weighted by Crippen LogP contribution is 1.99. The first kappa shape index (κ1) is 13.0. The van der Waals surface area contributed by atoms with Gasteiger partial charge in [0, 0.05) is 6.54 Å². The molecule has 0 bridgehead atoms. The smallest absolute Gasteiger partial charge is 0.407 e. The predicted octanol–water partition coefficient (Wildman–Crippen LogP) is 2.70. The topological polar surface area (TPSA) is 38.3 Å². The second-order valence-corrected chi connectivity index (χ2v) is 3.42. The molecule has 0 fully saturated rings. The van der Waals surface area contributed by atoms with Gasteiger partial charge < -0.3 is 10.1 Å². The molecule has 0 atom stereocenters. The lowest BCUT2D eigenvalue weighted by atomic mass is 10.1. The van der Waals surface area contributed by atoms with Crippen molar-refractivity contribution in [2.24, 2.45) is 0 Å². The quantitative estimate of drug-likeness (QED) is 0.791. The van der Waals surface area contributed by atoms with Crippen LogP contribution >= 0.6 is 0 Å². The molecule has 1 amide bonds. The third-order valence-electron chi connectivity index (χ3n) is 2.13. The third-order valence-corrected chi connectivity index (χ3v) is 2.13. The number of benzene rings is 1. The van der Waals surface area contributed by atoms with Gasteiger partial charge in [0.05, 0.1) is 7.11 Å². The summed E-state index contributed by atoms with van der Waals surface area (Å²) < 4.78 is 4.43. The Morgan fingerprint density at radius 3 is 2.65 bits per heavy atom. The monoisotopic (exact) mass is 231 g/mol. The van der Waals surface area contributed by atoms with Crippen molar-refractivity contribution in [3.05, 3.63) is 60.2 Å². The minimum Gasteiger partial charge on any atom is -0.453 e. The summed E-state index contributed by atoms with van der Waals surface area (Å²) in [6, 6.07) is 10.2. The van der Waals surface area contributed by atoms with Crippen molar-refractivity contribution in [2.75, 3.05) is 13.7 Å². The Hall–Kier alpha value is -2.03. The summed E-state index contributed by atoms with van der Waals surface area (Å²) in [5.41, 5.74) is 1.28. The number of hydrogen-bond acceptors (Lipinski definition) is 2. The van der Waals surface area contributed by atoms with E-state index >= 15 is 0 Å². The van der Waals surface area contributed by atoms with Crippen LogP contribution in [0.1, 0.15) is 5.56 Å². The van der Waals surface area contributed by atoms with Crippen LogP contribution in [-0.4, -0.2) is 19.7 Å². The molecule has 0 spiro atoms. The van der Waals surface area contributed by atoms with E-state index in [9.17, 15) is 4.79 Å². The zero-order chi connectivity index (χ0) is 12.3. The summed E-state index contributed by atoms with van der Waals surface area (Å²) in [4.78, 5) is 10.7. The van der Waals surface area contributed by atoms with E-state index in [1.54, 1.807) is 0 Å². The molecule has 0 aliphatic carbocycles. The molecule has 1 N–H and O–H groups in total. The fourth-order valence-electron chi connectivity index (χ4n) is 1.26. The van der Waals surface area contributed by atoms with Crippen molar-refractivity contribution in [3.63, 3.8) is 0 Å². The summed E-state index contributed by atoms with van der Waals surface area (Å²) >= 11 is 0. The lowest BCUT2D eigenvalue weighted by Gasteiger charge is -1.97. The average Bonchev–Trinajstić information content (AvgIpc) is 2.38. The Morgan fingerprint density at radius 2 is 1.94 bits per heavy atom. The lowest BCUT2D eigenvalue weighted by molar-refractivity contribution is 0.172. The molecule has 3 nitrogen and oxygen atoms in total. The molecule has 1 aromatic carbocycles. The molecule has 17 heavy (non-hydrogen) atoms. The number of allylic oxidation sites excluding steroid dienone is 3. The fraction of sp³-hybridized carbons (Fsp3) is 0.214. The van der Waals surface area contributed by atoms with Gasteiger partial charge in [-0.05, 0) is 12.0 Å². The van der Waals surface area contributed by atoms with Gasteiger partial charge in [-0.1, -0.05) is 54.6 Å². The molecule has 0 aromatic heterocycles. The Morgan fingerprint density at radius 1 is 1.24 bits per heavy atom. The molecule has 90 valence electrons. The molecule has 0 aliphatic rings. The number of ether oxygens (including phenoxy) is 1. The van der Waals surface area contributed by atoms with Crippen LogP contribution in [-0.2, 0) is 11.2 Å². The minimum atomic E-state index is -0.414. The van der Waals surface area contributed by atoms with E-state index in [2.05, 4.69) is 28.3 Å². The van der Waals surface area contributed by atoms with Crippen molar-refractivity contribution >= 4 is 6.09 Å². The predicted molar refractivity (Wildman–Crippen MR) is 68.8 cm³/mol. The molecule has 0 aliphatic heterocycles. The molecule has 0 saturated heterocycles. The van der Waals surface area contributed by atoms with Crippen LogP contribution in [0.15, 0.2) is 54.6 Å². The number of carbonyl (C=O) groups is 1. The van der Waals surface area contributed by atoms with Crippen LogP contribution in [0.5, 0.6) is 0 Å². The van der Waals surface area contributed by atoms with Crippen molar-refractivity contribution in [3.8, 4) is 0 Å². The zero-order valence-electron chi connectivity index (χ0n) is 9.93. The van der Waals surface area contributed by atoms with Gasteiger partial charge >= 0.3 is 6.09 Å². The summed E-state index contributed by atoms with van der Waals surface area (Å²) in [6.07, 6.45) is 8.30. The van der Waals surface area contributed by atoms with Crippen LogP contribution in [0.3, 0.4) is 0 Å². The molecule has 3 heteroatoms. The SMILES string of the molecule is COC(=O)NC/C=C/C=C/Cc1ccccc1. The van der Waals surface area contributed by atoms with Gasteiger partial charge in [-0.15, -0.1) is 0 Å². The first-order valence-electron chi connectivity index (χ1n) is 5.50. The minimum absolute atomic E-state index is 0.414. The van der Waals surface area contributed by atoms with Crippen LogP contribution < -0.4 is 5.32 Å². The van der Waals surface area contributed by atoms with E-state index in [-0.39, 0.29) is 0 Å². The summed E-state index contributed by atoms with van der Waals surface area (Å²) in [5.74, 6) is 0. The zero-order valence-corrected chi connectivity index (χ0v) is 9.93. The third kappa shape index (κ3) is 6.20. The van der Waals surface area contributed by atoms with E-state index in [0.29, 0.717) is 6.54 Å². The van der Waals surface area contributed by atoms with E-state index in [0.717, 1.165) is 6.42 Å². The molecule has 0 saturated carbocycles. The molecule has 0 radical (unpaired) electrons. The van der Waals surface area contributed by atoms with Crippen molar-refractivity contribution < 1.29 is 9.53 Å². The lowest BCUT2D eigenvalue weighted by Crippen LogP contribution is -2.22. The first-order valence-corrected chi connectivity index (χ1v) is 5.50. The van der Waals surface area contributed by atoms with Gasteiger partial charge in [-0.3, -0.25) is 0 Å². The molecular formula is C14H17NO2. The molecule has 1 rings (SSSR count). The van der Waals surface area contributed by atoms with Gasteiger partial charge in [0.1, 0.15) is 0 Å². The number of rotatable bonds is 5. The Bertz CT molecular complexity index is 382. The van der Waals surface area contributed by atoms with Gasteiger partial charge in [0.15, 0.2) is 0 Å². The van der Waals surface area contributed by atoms with Crippen molar-refractivity contribution in [2.45, 2.75) is 6.42 Å². The molecular weight excluding hydrogens is 214 g/mol. The highest BCUT2D eigenvalue weighted by molar-refractivity contribution is 5.67. The van der Waals surface area contributed by atoms with Crippen LogP contribution in [0.25, 0.3) is 0 Å². The Balaban J connectivity index is 2.18. The number of methoxy groups -OCH3 is 1. The molecule has 1 aromatic rings. The number of amides is 1. The van der Waals surface area contributed by atoms with Gasteiger partial charge in [-0.25, -0.2) is 4.79 Å². The second kappa shape index (κ2) is 8.16. The maximum Gasteiger partial charge on any atom is 0.407 e. The summed E-state index contributed by atoms with van der Waals surface area (Å²) in [6.45, 7) is 0.475. The standard InChI is InChI=1S/C14H17NO2/c1-17-14(16)15-12-8-3-2-5-9-13-10-6-4-7-11-13/h2-8,10-11H,9,12H2,1H3,(H,15,16)/b5-2+,8-3+. The van der Waals surface area contributed by atoms with Crippen LogP contribution in [0.2, 0.25) is 0 Å². The first-order chi connectivity index (χ1) is 8.33. The number of hydrogen-bond donors (Lipinski definition) is 1. The average molecular weight is 231 g/mol. The van der Waals surface area contributed by atoms with E-state index in [1.165, 1.54) is 12.7 Å². The van der Waals surface area contributed by atoms with Crippen molar-refractivity contribution in [1.29, 1.82) is 0 Å². The fourth-order valence-corrected chi connectivity index (χ4v) is 1.26. The molecule has 0 heterocycles. The van der Waals surface area contributed by atoms with E-state index in [1.807, 2.05) is 36.4 Å². The van der Waals surface area contributed by atoms with Crippen LogP contribution in [0.4, 0.5) is 4.79 Å². The van der Waals surface area contributed by atoms with E-state index < -0.39 is 6.09 Å². The Labute approximate surface area is 102 Å². The second-order valence-electron chi connectivity index (χ2n) is 3.42. The maximum atomic E-state index is 10.7. The van der Waals surface area contributed by atoms with Gasteiger partial charge in [0.25, 0.3) is 0 Å². The number of carbonyl (C=O) groups excluding carboxylic acids is 1. The maximum absolute atomic E-state index is 10.7. The highest BCUT2D eigenvalue weighted by Gasteiger charge is 1.91. The van der Waals surface area contributed by atoms with Gasteiger partial charge in [0.2, 0.25) is 0 Å². The molecule has 0 unspecified atom stereocenters. The largest absolute Gasteiger partial charge is 0.453 e.